The topological polar surface area (TPSA) is 62.1 Å². The van der Waals surface area contributed by atoms with E-state index in [4.69, 9.17) is 10.00 Å². The molecule has 0 saturated heterocycles. The maximum atomic E-state index is 11.4. The number of nitriles is 1. The Balaban J connectivity index is 3.34. The molecule has 0 fully saturated rings. The molecule has 0 unspecified atom stereocenters. The summed E-state index contributed by atoms with van der Waals surface area (Å²) in [7, 11) is 0. The molecule has 0 aromatic heterocycles. The molecule has 0 radical (unpaired) electrons. The van der Waals surface area contributed by atoms with Gasteiger partial charge in [0.2, 0.25) is 0 Å². The van der Waals surface area contributed by atoms with Crippen molar-refractivity contribution in [1.29, 1.82) is 5.26 Å². The molecule has 0 bridgehead atoms. The summed E-state index contributed by atoms with van der Waals surface area (Å²) in [5.41, 5.74) is 0.0391. The van der Waals surface area contributed by atoms with Crippen molar-refractivity contribution in [1.82, 2.24) is 5.32 Å². The molecule has 0 amide bonds. The first-order valence-electron chi connectivity index (χ1n) is 10.8. The smallest absolute Gasteiger partial charge is 0.350 e. The lowest BCUT2D eigenvalue weighted by atomic mass is 10.0. The number of hydrogen-bond donors (Lipinski definition) is 1. The van der Waals surface area contributed by atoms with Crippen molar-refractivity contribution in [2.24, 2.45) is 0 Å². The molecule has 0 heterocycles. The summed E-state index contributed by atoms with van der Waals surface area (Å²) in [4.78, 5) is 11.4. The summed E-state index contributed by atoms with van der Waals surface area (Å²) in [6.07, 6.45) is 20.3. The molecule has 4 heteroatoms. The van der Waals surface area contributed by atoms with Crippen molar-refractivity contribution in [3.05, 3.63) is 11.8 Å². The molecule has 0 rings (SSSR count). The largest absolute Gasteiger partial charge is 0.462 e. The van der Waals surface area contributed by atoms with Gasteiger partial charge in [0, 0.05) is 12.7 Å². The van der Waals surface area contributed by atoms with Crippen LogP contribution < -0.4 is 5.32 Å². The van der Waals surface area contributed by atoms with Gasteiger partial charge in [-0.25, -0.2) is 4.79 Å². The summed E-state index contributed by atoms with van der Waals surface area (Å²) in [5, 5.41) is 11.9. The first kappa shape index (κ1) is 24.5. The average molecular weight is 365 g/mol. The van der Waals surface area contributed by atoms with Gasteiger partial charge in [-0.2, -0.15) is 5.26 Å². The molecule has 0 aliphatic rings. The van der Waals surface area contributed by atoms with Gasteiger partial charge < -0.3 is 10.1 Å². The fourth-order valence-corrected chi connectivity index (χ4v) is 2.94. The average Bonchev–Trinajstić information content (AvgIpc) is 2.64. The van der Waals surface area contributed by atoms with Crippen molar-refractivity contribution in [2.75, 3.05) is 13.2 Å². The lowest BCUT2D eigenvalue weighted by Crippen LogP contribution is -2.13. The van der Waals surface area contributed by atoms with E-state index in [9.17, 15) is 4.79 Å². The second-order valence-electron chi connectivity index (χ2n) is 6.94. The standard InChI is InChI=1S/C22H40N2O2/c1-3-5-6-7-8-9-10-11-12-13-14-15-16-17-18-24-20-21(19-23)22(25)26-4-2/h20,24H,3-18H2,1-2H3/b21-20+. The molecule has 0 atom stereocenters. The lowest BCUT2D eigenvalue weighted by molar-refractivity contribution is -0.138. The molecular formula is C22H40N2O2. The zero-order valence-corrected chi connectivity index (χ0v) is 17.2. The van der Waals surface area contributed by atoms with E-state index in [-0.39, 0.29) is 12.2 Å². The normalized spacial score (nSPS) is 11.2. The van der Waals surface area contributed by atoms with E-state index in [1.165, 1.54) is 89.7 Å². The minimum atomic E-state index is -0.552. The third kappa shape index (κ3) is 16.0. The van der Waals surface area contributed by atoms with Crippen LogP contribution in [0.15, 0.2) is 11.8 Å². The molecule has 0 saturated carbocycles. The molecule has 0 aromatic rings. The Morgan fingerprint density at radius 3 is 1.73 bits per heavy atom. The Bertz CT molecular complexity index is 399. The number of nitrogens with one attached hydrogen (secondary N) is 1. The van der Waals surface area contributed by atoms with Gasteiger partial charge in [-0.05, 0) is 13.3 Å². The molecule has 0 aromatic carbocycles. The fourth-order valence-electron chi connectivity index (χ4n) is 2.94. The van der Waals surface area contributed by atoms with Gasteiger partial charge in [-0.3, -0.25) is 0 Å². The number of nitrogens with zero attached hydrogens (tertiary/aromatic N) is 1. The minimum absolute atomic E-state index is 0.0391. The van der Waals surface area contributed by atoms with E-state index >= 15 is 0 Å². The number of esters is 1. The number of carbonyl (C=O) groups is 1. The number of hydrogen-bond acceptors (Lipinski definition) is 4. The molecule has 4 nitrogen and oxygen atoms in total. The minimum Gasteiger partial charge on any atom is -0.462 e. The Labute approximate surface area is 161 Å². The van der Waals surface area contributed by atoms with Crippen LogP contribution in [0.1, 0.15) is 104 Å². The SMILES string of the molecule is CCCCCCCCCCCCCCCCN/C=C(\C#N)C(=O)OCC. The monoisotopic (exact) mass is 364 g/mol. The number of carbonyl (C=O) groups excluding carboxylic acids is 1. The molecular weight excluding hydrogens is 324 g/mol. The van der Waals surface area contributed by atoms with E-state index in [1.807, 2.05) is 6.07 Å². The summed E-state index contributed by atoms with van der Waals surface area (Å²) >= 11 is 0. The molecule has 0 spiro atoms. The fraction of sp³-hybridized carbons (Fsp3) is 0.818. The van der Waals surface area contributed by atoms with Gasteiger partial charge in [0.15, 0.2) is 5.57 Å². The quantitative estimate of drug-likeness (QED) is 0.140. The summed E-state index contributed by atoms with van der Waals surface area (Å²) in [6.45, 7) is 5.08. The summed E-state index contributed by atoms with van der Waals surface area (Å²) < 4.78 is 4.80. The van der Waals surface area contributed by atoms with Crippen LogP contribution >= 0.6 is 0 Å². The third-order valence-electron chi connectivity index (χ3n) is 4.54. The van der Waals surface area contributed by atoms with Gasteiger partial charge >= 0.3 is 5.97 Å². The van der Waals surface area contributed by atoms with Crippen molar-refractivity contribution in [3.63, 3.8) is 0 Å². The van der Waals surface area contributed by atoms with E-state index in [2.05, 4.69) is 12.2 Å². The van der Waals surface area contributed by atoms with E-state index in [1.54, 1.807) is 6.92 Å². The van der Waals surface area contributed by atoms with Crippen molar-refractivity contribution >= 4 is 5.97 Å². The van der Waals surface area contributed by atoms with Crippen LogP contribution in [0.25, 0.3) is 0 Å². The first-order valence-corrected chi connectivity index (χ1v) is 10.8. The Morgan fingerprint density at radius 2 is 1.31 bits per heavy atom. The number of ether oxygens (including phenoxy) is 1. The summed E-state index contributed by atoms with van der Waals surface area (Å²) in [5.74, 6) is -0.552. The van der Waals surface area contributed by atoms with E-state index in [0.717, 1.165) is 13.0 Å². The highest BCUT2D eigenvalue weighted by Crippen LogP contribution is 2.12. The predicted molar refractivity (Wildman–Crippen MR) is 109 cm³/mol. The van der Waals surface area contributed by atoms with Crippen molar-refractivity contribution < 1.29 is 9.53 Å². The number of rotatable bonds is 18. The molecule has 26 heavy (non-hydrogen) atoms. The van der Waals surface area contributed by atoms with Crippen LogP contribution in [0.3, 0.4) is 0 Å². The number of unbranched alkanes of at least 4 members (excludes halogenated alkanes) is 13. The molecule has 150 valence electrons. The van der Waals surface area contributed by atoms with Crippen LogP contribution in [-0.4, -0.2) is 19.1 Å². The van der Waals surface area contributed by atoms with Gasteiger partial charge in [0.05, 0.1) is 6.61 Å². The van der Waals surface area contributed by atoms with Crippen molar-refractivity contribution in [3.8, 4) is 6.07 Å². The Morgan fingerprint density at radius 1 is 0.846 bits per heavy atom. The maximum Gasteiger partial charge on any atom is 0.350 e. The zero-order valence-electron chi connectivity index (χ0n) is 17.2. The van der Waals surface area contributed by atoms with E-state index in [0.29, 0.717) is 0 Å². The first-order chi connectivity index (χ1) is 12.8. The maximum absolute atomic E-state index is 11.4. The van der Waals surface area contributed by atoms with Gasteiger partial charge in [-0.15, -0.1) is 0 Å². The van der Waals surface area contributed by atoms with Crippen LogP contribution in [0.5, 0.6) is 0 Å². The second-order valence-corrected chi connectivity index (χ2v) is 6.94. The lowest BCUT2D eigenvalue weighted by Gasteiger charge is -2.04. The van der Waals surface area contributed by atoms with Crippen LogP contribution in [0.2, 0.25) is 0 Å². The van der Waals surface area contributed by atoms with Crippen LogP contribution in [-0.2, 0) is 9.53 Å². The van der Waals surface area contributed by atoms with Gasteiger partial charge in [0.1, 0.15) is 6.07 Å². The highest BCUT2D eigenvalue weighted by Gasteiger charge is 2.08. The molecule has 1 N–H and O–H groups in total. The van der Waals surface area contributed by atoms with Crippen LogP contribution in [0, 0.1) is 11.3 Å². The summed E-state index contributed by atoms with van der Waals surface area (Å²) in [6, 6.07) is 1.86. The van der Waals surface area contributed by atoms with Gasteiger partial charge in [-0.1, -0.05) is 90.4 Å². The molecule has 0 aliphatic carbocycles. The highest BCUT2D eigenvalue weighted by molar-refractivity contribution is 5.92. The Kier molecular flexibility index (Phi) is 18.7. The Hall–Kier alpha value is -1.50. The highest BCUT2D eigenvalue weighted by atomic mass is 16.5. The van der Waals surface area contributed by atoms with E-state index < -0.39 is 5.97 Å². The van der Waals surface area contributed by atoms with Crippen molar-refractivity contribution in [2.45, 2.75) is 104 Å². The third-order valence-corrected chi connectivity index (χ3v) is 4.54. The van der Waals surface area contributed by atoms with Gasteiger partial charge in [0.25, 0.3) is 0 Å². The second kappa shape index (κ2) is 19.8. The zero-order chi connectivity index (χ0) is 19.3. The predicted octanol–water partition coefficient (Wildman–Crippen LogP) is 6.03. The van der Waals surface area contributed by atoms with Crippen LogP contribution in [0.4, 0.5) is 0 Å². The molecule has 0 aliphatic heterocycles.